The van der Waals surface area contributed by atoms with Gasteiger partial charge in [-0.15, -0.1) is 0 Å². The van der Waals surface area contributed by atoms with Crippen LogP contribution in [0.2, 0.25) is 10.0 Å². The van der Waals surface area contributed by atoms with Gasteiger partial charge >= 0.3 is 0 Å². The Labute approximate surface area is 102 Å². The van der Waals surface area contributed by atoms with Crippen LogP contribution in [0.5, 0.6) is 0 Å². The molecule has 1 aromatic heterocycles. The van der Waals surface area contributed by atoms with Crippen LogP contribution in [0.3, 0.4) is 0 Å². The molecule has 2 aromatic rings. The Balaban J connectivity index is 2.42. The van der Waals surface area contributed by atoms with E-state index in [1.165, 1.54) is 0 Å². The van der Waals surface area contributed by atoms with Crippen molar-refractivity contribution in [2.24, 2.45) is 0 Å². The minimum absolute atomic E-state index is 0.0790. The predicted octanol–water partition coefficient (Wildman–Crippen LogP) is 2.76. The minimum Gasteiger partial charge on any atom is -0.350 e. The van der Waals surface area contributed by atoms with Crippen LogP contribution in [-0.4, -0.2) is 17.4 Å². The van der Waals surface area contributed by atoms with E-state index >= 15 is 0 Å². The summed E-state index contributed by atoms with van der Waals surface area (Å²) in [5.74, 6) is -0.0790. The number of hydrogen-bond acceptors (Lipinski definition) is 1. The Kier molecular flexibility index (Phi) is 2.13. The molecule has 0 spiro atoms. The van der Waals surface area contributed by atoms with Gasteiger partial charge < -0.3 is 10.3 Å². The van der Waals surface area contributed by atoms with Gasteiger partial charge in [0.2, 0.25) is 0 Å². The molecule has 5 heteroatoms. The predicted molar refractivity (Wildman–Crippen MR) is 64.4 cm³/mol. The van der Waals surface area contributed by atoms with Crippen LogP contribution in [0.4, 0.5) is 0 Å². The molecular formula is C11H8Cl2N2O. The molecule has 0 saturated heterocycles. The number of nitrogens with one attached hydrogen (secondary N) is 2. The zero-order valence-corrected chi connectivity index (χ0v) is 9.74. The first kappa shape index (κ1) is 10.00. The zero-order valence-electron chi connectivity index (χ0n) is 8.23. The number of fused-ring (bicyclic) bond motifs is 3. The van der Waals surface area contributed by atoms with E-state index in [0.29, 0.717) is 22.3 Å². The first-order valence-electron chi connectivity index (χ1n) is 4.95. The number of rotatable bonds is 0. The summed E-state index contributed by atoms with van der Waals surface area (Å²) in [6.45, 7) is 0.641. The summed E-state index contributed by atoms with van der Waals surface area (Å²) in [7, 11) is 0. The molecule has 1 amide bonds. The molecule has 0 saturated carbocycles. The SMILES string of the molecule is O=C1NCCc2c1[nH]c1ccc(Cl)c(Cl)c21. The maximum absolute atomic E-state index is 11.6. The lowest BCUT2D eigenvalue weighted by Crippen LogP contribution is -2.31. The number of hydrogen-bond donors (Lipinski definition) is 2. The minimum atomic E-state index is -0.0790. The standard InChI is InChI=1S/C11H8Cl2N2O/c12-6-1-2-7-8(9(6)13)5-3-4-14-11(16)10(5)15-7/h1-2,15H,3-4H2,(H,14,16). The average Bonchev–Trinajstić information content (AvgIpc) is 2.64. The van der Waals surface area contributed by atoms with E-state index in [2.05, 4.69) is 10.3 Å². The van der Waals surface area contributed by atoms with Gasteiger partial charge in [0.25, 0.3) is 5.91 Å². The maximum atomic E-state index is 11.6. The van der Waals surface area contributed by atoms with Crippen molar-refractivity contribution in [3.63, 3.8) is 0 Å². The van der Waals surface area contributed by atoms with Gasteiger partial charge in [0, 0.05) is 17.4 Å². The van der Waals surface area contributed by atoms with Crippen molar-refractivity contribution in [3.05, 3.63) is 33.4 Å². The molecule has 16 heavy (non-hydrogen) atoms. The molecule has 0 atom stereocenters. The first-order valence-corrected chi connectivity index (χ1v) is 5.71. The Bertz CT molecular complexity index is 604. The van der Waals surface area contributed by atoms with Gasteiger partial charge in [-0.25, -0.2) is 0 Å². The Hall–Kier alpha value is -1.19. The van der Waals surface area contributed by atoms with Gasteiger partial charge in [-0.3, -0.25) is 4.79 Å². The van der Waals surface area contributed by atoms with Gasteiger partial charge in [0.05, 0.1) is 10.0 Å². The number of benzene rings is 1. The van der Waals surface area contributed by atoms with Crippen molar-refractivity contribution in [2.75, 3.05) is 6.54 Å². The van der Waals surface area contributed by atoms with E-state index in [-0.39, 0.29) is 5.91 Å². The lowest BCUT2D eigenvalue weighted by molar-refractivity contribution is 0.0942. The molecule has 0 bridgehead atoms. The largest absolute Gasteiger partial charge is 0.350 e. The number of carbonyl (C=O) groups is 1. The van der Waals surface area contributed by atoms with Gasteiger partial charge in [-0.2, -0.15) is 0 Å². The molecule has 1 aliphatic rings. The zero-order chi connectivity index (χ0) is 11.3. The van der Waals surface area contributed by atoms with E-state index in [1.807, 2.05) is 6.07 Å². The van der Waals surface area contributed by atoms with E-state index in [4.69, 9.17) is 23.2 Å². The third-order valence-electron chi connectivity index (χ3n) is 2.85. The molecule has 1 aromatic carbocycles. The lowest BCUT2D eigenvalue weighted by Gasteiger charge is -2.12. The lowest BCUT2D eigenvalue weighted by atomic mass is 10.0. The van der Waals surface area contributed by atoms with Crippen LogP contribution in [0, 0.1) is 0 Å². The van der Waals surface area contributed by atoms with Gasteiger partial charge in [-0.05, 0) is 24.1 Å². The summed E-state index contributed by atoms with van der Waals surface area (Å²) in [5.41, 5.74) is 2.42. The van der Waals surface area contributed by atoms with Gasteiger partial charge in [0.15, 0.2) is 0 Å². The molecule has 0 unspecified atom stereocenters. The highest BCUT2D eigenvalue weighted by atomic mass is 35.5. The van der Waals surface area contributed by atoms with Crippen LogP contribution in [0.15, 0.2) is 12.1 Å². The summed E-state index contributed by atoms with van der Waals surface area (Å²) >= 11 is 12.1. The molecule has 0 radical (unpaired) electrons. The fraction of sp³-hybridized carbons (Fsp3) is 0.182. The van der Waals surface area contributed by atoms with Gasteiger partial charge in [0.1, 0.15) is 5.69 Å². The van der Waals surface area contributed by atoms with E-state index in [1.54, 1.807) is 6.07 Å². The third-order valence-corrected chi connectivity index (χ3v) is 3.65. The molecule has 82 valence electrons. The van der Waals surface area contributed by atoms with Crippen LogP contribution < -0.4 is 5.32 Å². The maximum Gasteiger partial charge on any atom is 0.268 e. The molecule has 3 rings (SSSR count). The normalized spacial score (nSPS) is 15.0. The fourth-order valence-electron chi connectivity index (χ4n) is 2.12. The van der Waals surface area contributed by atoms with Gasteiger partial charge in [-0.1, -0.05) is 23.2 Å². The highest BCUT2D eigenvalue weighted by Gasteiger charge is 2.23. The van der Waals surface area contributed by atoms with Crippen molar-refractivity contribution in [2.45, 2.75) is 6.42 Å². The van der Waals surface area contributed by atoms with E-state index in [0.717, 1.165) is 22.9 Å². The number of aromatic nitrogens is 1. The number of carbonyl (C=O) groups excluding carboxylic acids is 1. The van der Waals surface area contributed by atoms with Crippen LogP contribution >= 0.6 is 23.2 Å². The topological polar surface area (TPSA) is 44.9 Å². The van der Waals surface area contributed by atoms with Crippen LogP contribution in [0.1, 0.15) is 16.1 Å². The van der Waals surface area contributed by atoms with Crippen LogP contribution in [0.25, 0.3) is 10.9 Å². The Morgan fingerprint density at radius 3 is 2.88 bits per heavy atom. The van der Waals surface area contributed by atoms with Crippen molar-refractivity contribution in [3.8, 4) is 0 Å². The van der Waals surface area contributed by atoms with Crippen LogP contribution in [-0.2, 0) is 6.42 Å². The summed E-state index contributed by atoms with van der Waals surface area (Å²) < 4.78 is 0. The van der Waals surface area contributed by atoms with E-state index in [9.17, 15) is 4.79 Å². The highest BCUT2D eigenvalue weighted by molar-refractivity contribution is 6.45. The number of halogens is 2. The summed E-state index contributed by atoms with van der Waals surface area (Å²) in [6, 6.07) is 3.57. The van der Waals surface area contributed by atoms with Crippen molar-refractivity contribution >= 4 is 40.0 Å². The van der Waals surface area contributed by atoms with Crippen molar-refractivity contribution < 1.29 is 4.79 Å². The second-order valence-electron chi connectivity index (χ2n) is 3.77. The smallest absolute Gasteiger partial charge is 0.268 e. The van der Waals surface area contributed by atoms with E-state index < -0.39 is 0 Å². The first-order chi connectivity index (χ1) is 7.68. The second kappa shape index (κ2) is 3.40. The molecule has 1 aliphatic heterocycles. The quantitative estimate of drug-likeness (QED) is 0.746. The second-order valence-corrected chi connectivity index (χ2v) is 4.55. The molecule has 0 aliphatic carbocycles. The third kappa shape index (κ3) is 1.25. The monoisotopic (exact) mass is 254 g/mol. The van der Waals surface area contributed by atoms with Crippen molar-refractivity contribution in [1.82, 2.24) is 10.3 Å². The number of H-pyrrole nitrogens is 1. The summed E-state index contributed by atoms with van der Waals surface area (Å²) in [5, 5.41) is 4.70. The number of aromatic amines is 1. The molecule has 0 fully saturated rings. The molecular weight excluding hydrogens is 247 g/mol. The Morgan fingerprint density at radius 2 is 2.06 bits per heavy atom. The summed E-state index contributed by atoms with van der Waals surface area (Å²) in [4.78, 5) is 14.7. The molecule has 2 heterocycles. The molecule has 3 nitrogen and oxygen atoms in total. The Morgan fingerprint density at radius 1 is 1.25 bits per heavy atom. The summed E-state index contributed by atoms with van der Waals surface area (Å²) in [6.07, 6.45) is 0.779. The molecule has 2 N–H and O–H groups in total. The van der Waals surface area contributed by atoms with Crippen molar-refractivity contribution in [1.29, 1.82) is 0 Å². The number of amides is 1. The fourth-order valence-corrected chi connectivity index (χ4v) is 2.55. The average molecular weight is 255 g/mol. The highest BCUT2D eigenvalue weighted by Crippen LogP contribution is 2.35.